The van der Waals surface area contributed by atoms with Crippen LogP contribution in [0.5, 0.6) is 0 Å². The maximum atomic E-state index is 12.2. The number of benzene rings is 1. The lowest BCUT2D eigenvalue weighted by atomic mass is 9.98. The SMILES string of the molecule is CC(NC(=O)c1nccc2ccc(C(C)C)cc12)C(=O)O. The highest BCUT2D eigenvalue weighted by Crippen LogP contribution is 2.23. The van der Waals surface area contributed by atoms with Crippen molar-refractivity contribution in [2.24, 2.45) is 0 Å². The molecule has 21 heavy (non-hydrogen) atoms. The molecule has 1 aromatic carbocycles. The van der Waals surface area contributed by atoms with E-state index in [1.165, 1.54) is 6.92 Å². The van der Waals surface area contributed by atoms with Gasteiger partial charge in [0.15, 0.2) is 0 Å². The number of carbonyl (C=O) groups is 2. The topological polar surface area (TPSA) is 79.3 Å². The fourth-order valence-electron chi connectivity index (χ4n) is 2.05. The first kappa shape index (κ1) is 15.0. The number of carboxylic acid groups (broad SMARTS) is 1. The van der Waals surface area contributed by atoms with Crippen LogP contribution in [0.25, 0.3) is 10.8 Å². The summed E-state index contributed by atoms with van der Waals surface area (Å²) in [6.07, 6.45) is 1.55. The van der Waals surface area contributed by atoms with Gasteiger partial charge in [0.05, 0.1) is 0 Å². The Bertz CT molecular complexity index is 695. The molecule has 0 aliphatic heterocycles. The summed E-state index contributed by atoms with van der Waals surface area (Å²) in [5.74, 6) is -1.22. The summed E-state index contributed by atoms with van der Waals surface area (Å²) < 4.78 is 0. The number of aliphatic carboxylic acids is 1. The number of rotatable bonds is 4. The van der Waals surface area contributed by atoms with Crippen molar-refractivity contribution >= 4 is 22.6 Å². The summed E-state index contributed by atoms with van der Waals surface area (Å²) >= 11 is 0. The number of amides is 1. The first-order chi connectivity index (χ1) is 9.90. The van der Waals surface area contributed by atoms with E-state index in [0.29, 0.717) is 5.92 Å². The molecule has 1 heterocycles. The highest BCUT2D eigenvalue weighted by molar-refractivity contribution is 6.06. The van der Waals surface area contributed by atoms with Gasteiger partial charge in [0.2, 0.25) is 0 Å². The molecule has 2 aromatic rings. The van der Waals surface area contributed by atoms with Crippen LogP contribution in [0, 0.1) is 0 Å². The van der Waals surface area contributed by atoms with Crippen molar-refractivity contribution in [3.8, 4) is 0 Å². The Morgan fingerprint density at radius 3 is 2.52 bits per heavy atom. The van der Waals surface area contributed by atoms with Crippen LogP contribution in [0.15, 0.2) is 30.5 Å². The van der Waals surface area contributed by atoms with Gasteiger partial charge in [-0.1, -0.05) is 26.0 Å². The first-order valence-electron chi connectivity index (χ1n) is 6.82. The van der Waals surface area contributed by atoms with Gasteiger partial charge in [0.1, 0.15) is 11.7 Å². The van der Waals surface area contributed by atoms with Crippen molar-refractivity contribution in [3.05, 3.63) is 41.7 Å². The molecule has 0 aliphatic rings. The van der Waals surface area contributed by atoms with Crippen LogP contribution in [-0.2, 0) is 4.79 Å². The van der Waals surface area contributed by atoms with E-state index in [-0.39, 0.29) is 5.69 Å². The molecule has 2 rings (SSSR count). The molecular formula is C16H18N2O3. The van der Waals surface area contributed by atoms with Gasteiger partial charge in [-0.25, -0.2) is 0 Å². The maximum Gasteiger partial charge on any atom is 0.325 e. The molecule has 5 nitrogen and oxygen atoms in total. The van der Waals surface area contributed by atoms with Crippen LogP contribution >= 0.6 is 0 Å². The number of nitrogens with one attached hydrogen (secondary N) is 1. The van der Waals surface area contributed by atoms with E-state index in [9.17, 15) is 9.59 Å². The average Bonchev–Trinajstić information content (AvgIpc) is 2.45. The first-order valence-corrected chi connectivity index (χ1v) is 6.82. The van der Waals surface area contributed by atoms with E-state index in [0.717, 1.165) is 16.3 Å². The van der Waals surface area contributed by atoms with Crippen molar-refractivity contribution < 1.29 is 14.7 Å². The lowest BCUT2D eigenvalue weighted by Gasteiger charge is -2.12. The molecule has 5 heteroatoms. The quantitative estimate of drug-likeness (QED) is 0.905. The number of hydrogen-bond acceptors (Lipinski definition) is 3. The van der Waals surface area contributed by atoms with Crippen LogP contribution in [0.1, 0.15) is 42.7 Å². The molecule has 2 N–H and O–H groups in total. The van der Waals surface area contributed by atoms with Crippen LogP contribution in [0.3, 0.4) is 0 Å². The average molecular weight is 286 g/mol. The minimum atomic E-state index is -1.08. The molecule has 0 saturated carbocycles. The van der Waals surface area contributed by atoms with E-state index < -0.39 is 17.9 Å². The molecule has 1 atom stereocenters. The zero-order valence-electron chi connectivity index (χ0n) is 12.3. The number of fused-ring (bicyclic) bond motifs is 1. The van der Waals surface area contributed by atoms with Crippen LogP contribution in [0.4, 0.5) is 0 Å². The van der Waals surface area contributed by atoms with E-state index >= 15 is 0 Å². The molecule has 1 unspecified atom stereocenters. The zero-order chi connectivity index (χ0) is 15.6. The van der Waals surface area contributed by atoms with Crippen LogP contribution in [0.2, 0.25) is 0 Å². The fourth-order valence-corrected chi connectivity index (χ4v) is 2.05. The summed E-state index contributed by atoms with van der Waals surface area (Å²) in [6.45, 7) is 5.57. The Balaban J connectivity index is 2.45. The highest BCUT2D eigenvalue weighted by atomic mass is 16.4. The minimum absolute atomic E-state index is 0.253. The van der Waals surface area contributed by atoms with Gasteiger partial charge in [-0.05, 0) is 35.9 Å². The number of carbonyl (C=O) groups excluding carboxylic acids is 1. The van der Waals surface area contributed by atoms with E-state index in [1.54, 1.807) is 6.20 Å². The number of carboxylic acids is 1. The van der Waals surface area contributed by atoms with Crippen molar-refractivity contribution in [1.82, 2.24) is 10.3 Å². The maximum absolute atomic E-state index is 12.2. The smallest absolute Gasteiger partial charge is 0.325 e. The van der Waals surface area contributed by atoms with E-state index in [1.807, 2.05) is 24.3 Å². The summed E-state index contributed by atoms with van der Waals surface area (Å²) in [7, 11) is 0. The van der Waals surface area contributed by atoms with Crippen molar-refractivity contribution in [1.29, 1.82) is 0 Å². The monoisotopic (exact) mass is 286 g/mol. The summed E-state index contributed by atoms with van der Waals surface area (Å²) in [5.41, 5.74) is 1.36. The van der Waals surface area contributed by atoms with Gasteiger partial charge in [0, 0.05) is 11.6 Å². The van der Waals surface area contributed by atoms with Crippen molar-refractivity contribution in [3.63, 3.8) is 0 Å². The fraction of sp³-hybridized carbons (Fsp3) is 0.312. The number of hydrogen-bond donors (Lipinski definition) is 2. The van der Waals surface area contributed by atoms with Gasteiger partial charge in [0.25, 0.3) is 5.91 Å². The third-order valence-corrected chi connectivity index (χ3v) is 3.39. The number of aromatic nitrogens is 1. The molecule has 0 spiro atoms. The normalized spacial score (nSPS) is 12.4. The molecule has 1 amide bonds. The second-order valence-electron chi connectivity index (χ2n) is 5.33. The molecular weight excluding hydrogens is 268 g/mol. The van der Waals surface area contributed by atoms with Crippen molar-refractivity contribution in [2.45, 2.75) is 32.7 Å². The molecule has 0 aliphatic carbocycles. The van der Waals surface area contributed by atoms with Gasteiger partial charge < -0.3 is 10.4 Å². The summed E-state index contributed by atoms with van der Waals surface area (Å²) in [4.78, 5) is 27.2. The highest BCUT2D eigenvalue weighted by Gasteiger charge is 2.18. The lowest BCUT2D eigenvalue weighted by molar-refractivity contribution is -0.138. The second kappa shape index (κ2) is 5.91. The van der Waals surface area contributed by atoms with Gasteiger partial charge >= 0.3 is 5.97 Å². The Hall–Kier alpha value is -2.43. The van der Waals surface area contributed by atoms with E-state index in [2.05, 4.69) is 24.1 Å². The summed E-state index contributed by atoms with van der Waals surface area (Å²) in [5, 5.41) is 12.9. The standard InChI is InChI=1S/C16H18N2O3/c1-9(2)12-5-4-11-6-7-17-14(13(11)8-12)15(19)18-10(3)16(20)21/h4-10H,1-3H3,(H,18,19)(H,20,21). The molecule has 110 valence electrons. The predicted molar refractivity (Wildman–Crippen MR) is 80.4 cm³/mol. The molecule has 0 fully saturated rings. The Morgan fingerprint density at radius 1 is 1.19 bits per heavy atom. The zero-order valence-corrected chi connectivity index (χ0v) is 12.3. The molecule has 0 bridgehead atoms. The Morgan fingerprint density at radius 2 is 1.90 bits per heavy atom. The predicted octanol–water partition coefficient (Wildman–Crippen LogP) is 2.56. The number of nitrogens with zero attached hydrogens (tertiary/aromatic N) is 1. The Kier molecular flexibility index (Phi) is 4.21. The lowest BCUT2D eigenvalue weighted by Crippen LogP contribution is -2.38. The molecule has 0 saturated heterocycles. The molecule has 1 aromatic heterocycles. The Labute approximate surface area is 123 Å². The van der Waals surface area contributed by atoms with Crippen LogP contribution < -0.4 is 5.32 Å². The third-order valence-electron chi connectivity index (χ3n) is 3.39. The van der Waals surface area contributed by atoms with Gasteiger partial charge in [-0.3, -0.25) is 14.6 Å². The van der Waals surface area contributed by atoms with Crippen LogP contribution in [-0.4, -0.2) is 28.0 Å². The largest absolute Gasteiger partial charge is 0.480 e. The molecule has 0 radical (unpaired) electrons. The van der Waals surface area contributed by atoms with Gasteiger partial charge in [-0.15, -0.1) is 0 Å². The van der Waals surface area contributed by atoms with Crippen molar-refractivity contribution in [2.75, 3.05) is 0 Å². The third kappa shape index (κ3) is 3.18. The minimum Gasteiger partial charge on any atom is -0.480 e. The second-order valence-corrected chi connectivity index (χ2v) is 5.33. The van der Waals surface area contributed by atoms with E-state index in [4.69, 9.17) is 5.11 Å². The van der Waals surface area contributed by atoms with Gasteiger partial charge in [-0.2, -0.15) is 0 Å². The summed E-state index contributed by atoms with van der Waals surface area (Å²) in [6, 6.07) is 6.78. The number of pyridine rings is 1.